The number of aryl methyl sites for hydroxylation is 1. The molecule has 1 heterocycles. The molecule has 2 nitrogen and oxygen atoms in total. The molecule has 1 aliphatic carbocycles. The van der Waals surface area contributed by atoms with Crippen LogP contribution in [-0.2, 0) is 6.42 Å². The molecule has 1 aromatic carbocycles. The molecule has 1 N–H and O–H groups in total. The first-order chi connectivity index (χ1) is 9.92. The molecule has 0 amide bonds. The van der Waals surface area contributed by atoms with Crippen molar-refractivity contribution >= 4 is 0 Å². The van der Waals surface area contributed by atoms with Crippen molar-refractivity contribution in [3.63, 3.8) is 0 Å². The number of aromatic nitrogens is 1. The Kier molecular flexibility index (Phi) is 4.44. The molecule has 104 valence electrons. The maximum Gasteiger partial charge on any atom is 0.0270 e. The van der Waals surface area contributed by atoms with Crippen molar-refractivity contribution in [3.8, 4) is 0 Å². The quantitative estimate of drug-likeness (QED) is 0.829. The van der Waals surface area contributed by atoms with Gasteiger partial charge in [-0.15, -0.1) is 0 Å². The molecule has 20 heavy (non-hydrogen) atoms. The number of rotatable bonds is 7. The number of hydrogen-bond donors (Lipinski definition) is 1. The fourth-order valence-corrected chi connectivity index (χ4v) is 2.60. The van der Waals surface area contributed by atoms with Gasteiger partial charge in [-0.25, -0.2) is 0 Å². The van der Waals surface area contributed by atoms with Gasteiger partial charge in [0.2, 0.25) is 0 Å². The summed E-state index contributed by atoms with van der Waals surface area (Å²) in [5, 5.41) is 3.68. The Morgan fingerprint density at radius 3 is 2.50 bits per heavy atom. The van der Waals surface area contributed by atoms with Crippen molar-refractivity contribution in [2.75, 3.05) is 6.54 Å². The van der Waals surface area contributed by atoms with Gasteiger partial charge >= 0.3 is 0 Å². The minimum atomic E-state index is 0.602. The summed E-state index contributed by atoms with van der Waals surface area (Å²) in [6, 6.07) is 15.9. The number of pyridine rings is 1. The van der Waals surface area contributed by atoms with Gasteiger partial charge in [0.05, 0.1) is 0 Å². The lowest BCUT2D eigenvalue weighted by atomic mass is 9.92. The van der Waals surface area contributed by atoms with Gasteiger partial charge in [-0.05, 0) is 54.9 Å². The summed E-state index contributed by atoms with van der Waals surface area (Å²) >= 11 is 0. The van der Waals surface area contributed by atoms with Crippen molar-refractivity contribution in [1.82, 2.24) is 10.3 Å². The number of nitrogens with one attached hydrogen (secondary N) is 1. The van der Waals surface area contributed by atoms with Crippen molar-refractivity contribution in [2.24, 2.45) is 0 Å². The first-order valence-electron chi connectivity index (χ1n) is 7.59. The summed E-state index contributed by atoms with van der Waals surface area (Å²) in [7, 11) is 0. The van der Waals surface area contributed by atoms with Crippen molar-refractivity contribution in [1.29, 1.82) is 0 Å². The van der Waals surface area contributed by atoms with Gasteiger partial charge in [-0.1, -0.05) is 30.3 Å². The van der Waals surface area contributed by atoms with Crippen LogP contribution in [0, 0.1) is 0 Å². The van der Waals surface area contributed by atoms with Crippen LogP contribution in [0.5, 0.6) is 0 Å². The maximum atomic E-state index is 4.09. The molecule has 1 aromatic heterocycles. The zero-order chi connectivity index (χ0) is 13.6. The highest BCUT2D eigenvalue weighted by atomic mass is 14.9. The molecule has 1 saturated carbocycles. The normalized spacial score (nSPS) is 16.0. The van der Waals surface area contributed by atoms with E-state index in [2.05, 4.69) is 52.8 Å². The van der Waals surface area contributed by atoms with Crippen LogP contribution in [0.25, 0.3) is 0 Å². The molecule has 1 aliphatic rings. The van der Waals surface area contributed by atoms with Crippen molar-refractivity contribution in [2.45, 2.75) is 37.6 Å². The molecule has 0 radical (unpaired) electrons. The molecule has 1 fully saturated rings. The van der Waals surface area contributed by atoms with E-state index in [4.69, 9.17) is 0 Å². The van der Waals surface area contributed by atoms with Crippen LogP contribution in [-0.4, -0.2) is 17.6 Å². The first-order valence-corrected chi connectivity index (χ1v) is 7.59. The van der Waals surface area contributed by atoms with Crippen molar-refractivity contribution in [3.05, 3.63) is 66.0 Å². The highest BCUT2D eigenvalue weighted by Crippen LogP contribution is 2.24. The maximum absolute atomic E-state index is 4.09. The number of benzene rings is 1. The summed E-state index contributed by atoms with van der Waals surface area (Å²) in [5.41, 5.74) is 2.84. The van der Waals surface area contributed by atoms with Crippen LogP contribution in [0.15, 0.2) is 54.9 Å². The second-order valence-electron chi connectivity index (χ2n) is 5.68. The first kappa shape index (κ1) is 13.3. The molecule has 1 atom stereocenters. The average molecular weight is 266 g/mol. The zero-order valence-electron chi connectivity index (χ0n) is 11.8. The van der Waals surface area contributed by atoms with Crippen LogP contribution in [0.3, 0.4) is 0 Å². The third-order valence-electron chi connectivity index (χ3n) is 4.03. The predicted octanol–water partition coefficient (Wildman–Crippen LogP) is 3.55. The van der Waals surface area contributed by atoms with E-state index >= 15 is 0 Å². The smallest absolute Gasteiger partial charge is 0.0270 e. The minimum Gasteiger partial charge on any atom is -0.313 e. The van der Waals surface area contributed by atoms with E-state index in [-0.39, 0.29) is 0 Å². The highest BCUT2D eigenvalue weighted by molar-refractivity contribution is 5.21. The lowest BCUT2D eigenvalue weighted by molar-refractivity contribution is 0.548. The second-order valence-corrected chi connectivity index (χ2v) is 5.68. The third-order valence-corrected chi connectivity index (χ3v) is 4.03. The monoisotopic (exact) mass is 266 g/mol. The highest BCUT2D eigenvalue weighted by Gasteiger charge is 2.22. The molecule has 3 rings (SSSR count). The Morgan fingerprint density at radius 1 is 1.05 bits per heavy atom. The standard InChI is InChI=1S/C18H22N2/c1-2-4-16(5-3-1)17(14-20-18-8-9-18)7-6-15-10-12-19-13-11-15/h1-5,10-13,17-18,20H,6-9,14H2. The van der Waals surface area contributed by atoms with Gasteiger partial charge < -0.3 is 5.32 Å². The van der Waals surface area contributed by atoms with Crippen molar-refractivity contribution < 1.29 is 0 Å². The Morgan fingerprint density at radius 2 is 1.80 bits per heavy atom. The van der Waals surface area contributed by atoms with Gasteiger partial charge in [0.15, 0.2) is 0 Å². The zero-order valence-corrected chi connectivity index (χ0v) is 11.8. The molecule has 1 unspecified atom stereocenters. The Balaban J connectivity index is 1.62. The van der Waals surface area contributed by atoms with E-state index in [1.807, 2.05) is 12.4 Å². The molecule has 0 spiro atoms. The van der Waals surface area contributed by atoms with Crippen LogP contribution in [0.1, 0.15) is 36.3 Å². The molecule has 0 saturated heterocycles. The lowest BCUT2D eigenvalue weighted by Crippen LogP contribution is -2.24. The molecular formula is C18H22N2. The summed E-state index contributed by atoms with van der Waals surface area (Å²) in [6.45, 7) is 1.10. The summed E-state index contributed by atoms with van der Waals surface area (Å²) in [5.74, 6) is 0.602. The predicted molar refractivity (Wildman–Crippen MR) is 82.8 cm³/mol. The topological polar surface area (TPSA) is 24.9 Å². The van der Waals surface area contributed by atoms with Gasteiger partial charge in [0.25, 0.3) is 0 Å². The van der Waals surface area contributed by atoms with E-state index < -0.39 is 0 Å². The van der Waals surface area contributed by atoms with Crippen LogP contribution < -0.4 is 5.32 Å². The minimum absolute atomic E-state index is 0.602. The van der Waals surface area contributed by atoms with Crippen LogP contribution >= 0.6 is 0 Å². The molecule has 2 heteroatoms. The fraction of sp³-hybridized carbons (Fsp3) is 0.389. The van der Waals surface area contributed by atoms with Gasteiger partial charge in [0, 0.05) is 25.0 Å². The van der Waals surface area contributed by atoms with Crippen LogP contribution in [0.4, 0.5) is 0 Å². The number of nitrogens with zero attached hydrogens (tertiary/aromatic N) is 1. The molecule has 0 bridgehead atoms. The third kappa shape index (κ3) is 3.91. The average Bonchev–Trinajstić information content (AvgIpc) is 3.33. The summed E-state index contributed by atoms with van der Waals surface area (Å²) in [4.78, 5) is 4.09. The van der Waals surface area contributed by atoms with Gasteiger partial charge in [0.1, 0.15) is 0 Å². The van der Waals surface area contributed by atoms with E-state index in [0.29, 0.717) is 5.92 Å². The van der Waals surface area contributed by atoms with E-state index in [1.165, 1.54) is 30.4 Å². The number of hydrogen-bond acceptors (Lipinski definition) is 2. The Hall–Kier alpha value is -1.67. The van der Waals surface area contributed by atoms with E-state index in [9.17, 15) is 0 Å². The SMILES string of the molecule is c1ccc(C(CCc2ccncc2)CNC2CC2)cc1. The fourth-order valence-electron chi connectivity index (χ4n) is 2.60. The summed E-state index contributed by atoms with van der Waals surface area (Å²) < 4.78 is 0. The summed E-state index contributed by atoms with van der Waals surface area (Å²) in [6.07, 6.45) is 8.78. The van der Waals surface area contributed by atoms with E-state index in [1.54, 1.807) is 0 Å². The van der Waals surface area contributed by atoms with Gasteiger partial charge in [-0.2, -0.15) is 0 Å². The Labute approximate surface area is 121 Å². The molecule has 2 aromatic rings. The Bertz CT molecular complexity index is 505. The largest absolute Gasteiger partial charge is 0.313 e. The molecular weight excluding hydrogens is 244 g/mol. The molecule has 0 aliphatic heterocycles. The van der Waals surface area contributed by atoms with Gasteiger partial charge in [-0.3, -0.25) is 4.98 Å². The lowest BCUT2D eigenvalue weighted by Gasteiger charge is -2.18. The van der Waals surface area contributed by atoms with E-state index in [0.717, 1.165) is 19.0 Å². The second kappa shape index (κ2) is 6.67. The van der Waals surface area contributed by atoms with Crippen LogP contribution in [0.2, 0.25) is 0 Å².